The zero-order valence-corrected chi connectivity index (χ0v) is 35.6. The van der Waals surface area contributed by atoms with Gasteiger partial charge in [0.1, 0.15) is 35.6 Å². The average Bonchev–Trinajstić information content (AvgIpc) is 3.79. The van der Waals surface area contributed by atoms with Crippen molar-refractivity contribution in [2.45, 2.75) is 147 Å². The van der Waals surface area contributed by atoms with Gasteiger partial charge in [-0.25, -0.2) is 14.4 Å². The number of rotatable bonds is 8. The molecule has 0 radical (unpaired) electrons. The number of alkyl carbamates (subject to hydrolysis) is 1. The second kappa shape index (κ2) is 14.3. The van der Waals surface area contributed by atoms with E-state index in [1.54, 1.807) is 70.2 Å². The molecule has 8 rings (SSSR count). The number of ether oxygens (including phenoxy) is 7. The molecule has 1 spiro atoms. The molecule has 2 aromatic rings. The van der Waals surface area contributed by atoms with Crippen LogP contribution >= 0.6 is 0 Å². The molecular weight excluding hydrogens is 776 g/mol. The Morgan fingerprint density at radius 2 is 1.65 bits per heavy atom. The third-order valence-electron chi connectivity index (χ3n) is 13.8. The van der Waals surface area contributed by atoms with E-state index in [4.69, 9.17) is 33.2 Å². The Morgan fingerprint density at radius 1 is 0.967 bits per heavy atom. The minimum Gasteiger partial charge on any atom is -0.456 e. The summed E-state index contributed by atoms with van der Waals surface area (Å²) in [4.78, 5) is 58.8. The molecule has 4 aliphatic carbocycles. The van der Waals surface area contributed by atoms with Gasteiger partial charge in [-0.2, -0.15) is 0 Å². The maximum atomic E-state index is 14.4. The van der Waals surface area contributed by atoms with Crippen LogP contribution in [0.4, 0.5) is 4.79 Å². The van der Waals surface area contributed by atoms with Crippen molar-refractivity contribution in [2.24, 2.45) is 22.7 Å². The van der Waals surface area contributed by atoms with Gasteiger partial charge in [-0.1, -0.05) is 32.0 Å². The third kappa shape index (κ3) is 6.71. The molecular formula is C45H56N2O13. The molecule has 6 aliphatic rings. The fraction of sp³-hybridized carbons (Fsp3) is 0.622. The van der Waals surface area contributed by atoms with Crippen molar-refractivity contribution in [3.63, 3.8) is 0 Å². The first-order chi connectivity index (χ1) is 28.0. The first kappa shape index (κ1) is 42.3. The topological polar surface area (TPSA) is 198 Å². The monoisotopic (exact) mass is 832 g/mol. The fourth-order valence-corrected chi connectivity index (χ4v) is 11.2. The van der Waals surface area contributed by atoms with Gasteiger partial charge in [-0.05, 0) is 101 Å². The molecule has 2 bridgehead atoms. The normalized spacial score (nSPS) is 36.5. The minimum absolute atomic E-state index is 0.00128. The summed E-state index contributed by atoms with van der Waals surface area (Å²) < 4.78 is 44.6. The number of fused-ring (bicyclic) bond motifs is 6. The van der Waals surface area contributed by atoms with Gasteiger partial charge >= 0.3 is 24.0 Å². The van der Waals surface area contributed by atoms with Crippen LogP contribution in [-0.2, 0) is 42.7 Å². The summed E-state index contributed by atoms with van der Waals surface area (Å²) in [5.74, 6) is -4.35. The van der Waals surface area contributed by atoms with Crippen LogP contribution in [0.25, 0.3) is 0 Å². The van der Waals surface area contributed by atoms with Gasteiger partial charge in [0.05, 0.1) is 30.2 Å². The lowest BCUT2D eigenvalue weighted by Gasteiger charge is -2.65. The quantitative estimate of drug-likeness (QED) is 0.185. The van der Waals surface area contributed by atoms with Crippen LogP contribution in [0.1, 0.15) is 104 Å². The number of benzene rings is 1. The van der Waals surface area contributed by atoms with E-state index < -0.39 is 106 Å². The zero-order valence-electron chi connectivity index (χ0n) is 35.6. The van der Waals surface area contributed by atoms with E-state index in [9.17, 15) is 29.4 Å². The van der Waals surface area contributed by atoms with E-state index >= 15 is 0 Å². The van der Waals surface area contributed by atoms with E-state index in [0.717, 1.165) is 0 Å². The molecule has 2 aliphatic heterocycles. The van der Waals surface area contributed by atoms with Crippen LogP contribution in [0.5, 0.6) is 0 Å². The fourth-order valence-electron chi connectivity index (χ4n) is 11.2. The molecule has 3 saturated carbocycles. The van der Waals surface area contributed by atoms with Crippen LogP contribution in [0, 0.1) is 22.7 Å². The molecule has 60 heavy (non-hydrogen) atoms. The summed E-state index contributed by atoms with van der Waals surface area (Å²) in [7, 11) is 0. The average molecular weight is 833 g/mol. The second-order valence-corrected chi connectivity index (χ2v) is 19.4. The predicted octanol–water partition coefficient (Wildman–Crippen LogP) is 4.88. The van der Waals surface area contributed by atoms with E-state index in [-0.39, 0.29) is 24.5 Å². The molecule has 15 heteroatoms. The van der Waals surface area contributed by atoms with E-state index in [2.05, 4.69) is 10.3 Å². The van der Waals surface area contributed by atoms with Crippen LogP contribution in [0.3, 0.4) is 0 Å². The van der Waals surface area contributed by atoms with Crippen molar-refractivity contribution >= 4 is 24.0 Å². The molecule has 3 heterocycles. The highest BCUT2D eigenvalue weighted by atomic mass is 16.8. The highest BCUT2D eigenvalue weighted by Gasteiger charge is 2.85. The molecule has 5 fully saturated rings. The third-order valence-corrected chi connectivity index (χ3v) is 13.8. The lowest BCUT2D eigenvalue weighted by molar-refractivity contribution is -0.333. The second-order valence-electron chi connectivity index (χ2n) is 19.4. The van der Waals surface area contributed by atoms with Gasteiger partial charge < -0.3 is 48.7 Å². The number of carbonyl (C=O) groups is 4. The molecule has 3 N–H and O–H groups in total. The zero-order chi connectivity index (χ0) is 43.4. The number of pyridine rings is 1. The van der Waals surface area contributed by atoms with Gasteiger partial charge in [0.25, 0.3) is 0 Å². The van der Waals surface area contributed by atoms with E-state index in [0.29, 0.717) is 29.6 Å². The molecule has 1 amide bonds. The molecule has 0 unspecified atom stereocenters. The Morgan fingerprint density at radius 3 is 2.27 bits per heavy atom. The van der Waals surface area contributed by atoms with E-state index in [1.165, 1.54) is 19.3 Å². The summed E-state index contributed by atoms with van der Waals surface area (Å²) in [5, 5.41) is 28.2. The minimum atomic E-state index is -2.03. The summed E-state index contributed by atoms with van der Waals surface area (Å²) in [5.41, 5.74) is -4.50. The van der Waals surface area contributed by atoms with Crippen LogP contribution in [-0.4, -0.2) is 105 Å². The molecule has 12 atom stereocenters. The smallest absolute Gasteiger partial charge is 0.408 e. The largest absolute Gasteiger partial charge is 0.456 e. The van der Waals surface area contributed by atoms with Gasteiger partial charge in [0.2, 0.25) is 0 Å². The highest BCUT2D eigenvalue weighted by molar-refractivity contribution is 5.89. The standard InChI is InChI=1S/C45H56N2O13/c1-23-28(55-38(51)32(49)31(25-15-17-46-18-16-25)47-39(52)60-40(3,4)5)21-45(53)36(56-37(50)26-13-11-10-12-14-26)34-43(20-27(43)19-29-44(34,22-54-29)57-24(2)48)35-33(30(23)41(45,6)7)58-42(8,9)59-35/h10-18,27-29,31-36,49,53H,19-22H2,1-9H3,(H,47,52)/t27-,28+,29-,31+,32-,33-,34+,35-,36+,43-,44+,45-/m1/s1. The maximum absolute atomic E-state index is 14.4. The lowest BCUT2D eigenvalue weighted by Crippen LogP contribution is -2.78. The van der Waals surface area contributed by atoms with Gasteiger partial charge in [-0.3, -0.25) is 9.78 Å². The maximum Gasteiger partial charge on any atom is 0.408 e. The lowest BCUT2D eigenvalue weighted by atomic mass is 9.48. The number of aliphatic hydroxyl groups is 2. The number of hydrogen-bond acceptors (Lipinski definition) is 14. The van der Waals surface area contributed by atoms with Crippen molar-refractivity contribution in [1.29, 1.82) is 0 Å². The molecule has 1 aromatic carbocycles. The summed E-state index contributed by atoms with van der Waals surface area (Å²) in [6.45, 7) is 15.5. The molecule has 324 valence electrons. The van der Waals surface area contributed by atoms with Crippen molar-refractivity contribution < 1.29 is 62.5 Å². The molecule has 15 nitrogen and oxygen atoms in total. The van der Waals surface area contributed by atoms with Gasteiger partial charge in [-0.15, -0.1) is 0 Å². The van der Waals surface area contributed by atoms with Crippen molar-refractivity contribution in [3.8, 4) is 0 Å². The molecule has 1 aromatic heterocycles. The van der Waals surface area contributed by atoms with Crippen LogP contribution in [0.2, 0.25) is 0 Å². The van der Waals surface area contributed by atoms with E-state index in [1.807, 2.05) is 27.7 Å². The number of aliphatic hydroxyl groups excluding tert-OH is 1. The number of amides is 1. The van der Waals surface area contributed by atoms with Gasteiger partial charge in [0, 0.05) is 36.6 Å². The first-order valence-corrected chi connectivity index (χ1v) is 20.7. The van der Waals surface area contributed by atoms with Crippen molar-refractivity contribution in [2.75, 3.05) is 6.61 Å². The summed E-state index contributed by atoms with van der Waals surface area (Å²) in [6.07, 6.45) is -3.62. The number of nitrogens with one attached hydrogen (secondary N) is 1. The number of carbonyl (C=O) groups excluding carboxylic acids is 4. The Labute approximate surface area is 349 Å². The Kier molecular flexibility index (Phi) is 10.1. The Bertz CT molecular complexity index is 2080. The number of nitrogens with zero attached hydrogens (tertiary/aromatic N) is 1. The van der Waals surface area contributed by atoms with Crippen LogP contribution in [0.15, 0.2) is 66.0 Å². The van der Waals surface area contributed by atoms with Crippen LogP contribution < -0.4 is 5.32 Å². The summed E-state index contributed by atoms with van der Waals surface area (Å²) >= 11 is 0. The Hall–Kier alpha value is -4.41. The number of aromatic nitrogens is 1. The van der Waals surface area contributed by atoms with Gasteiger partial charge in [0.15, 0.2) is 17.5 Å². The molecule has 2 saturated heterocycles. The van der Waals surface area contributed by atoms with Crippen molar-refractivity contribution in [1.82, 2.24) is 10.3 Å². The first-order valence-electron chi connectivity index (χ1n) is 20.7. The Balaban J connectivity index is 1.26. The summed E-state index contributed by atoms with van der Waals surface area (Å²) in [6, 6.07) is 10.2. The predicted molar refractivity (Wildman–Crippen MR) is 211 cm³/mol. The highest BCUT2D eigenvalue weighted by Crippen LogP contribution is 2.77. The SMILES string of the molecule is CC(=O)O[C@@]12CO[C@@H]1C[C@@H]1C[C@@]13[C@@H]1OC(C)(C)O[C@@H]1C1=C(C)[C@@H](OC(=O)[C@H](O)[C@@H](NC(=O)OC(C)(C)C)c4ccncc4)C[C@@](O)([C@@H](OC(=O)c4ccccc4)[C@H]23)C1(C)C. The number of hydrogen-bond donors (Lipinski definition) is 3. The van der Waals surface area contributed by atoms with Crippen molar-refractivity contribution in [3.05, 3.63) is 77.1 Å². The number of esters is 3.